The van der Waals surface area contributed by atoms with Gasteiger partial charge < -0.3 is 14.7 Å². The van der Waals surface area contributed by atoms with Crippen molar-refractivity contribution in [2.45, 2.75) is 52.4 Å². The highest BCUT2D eigenvalue weighted by atomic mass is 16.2. The molecule has 3 saturated heterocycles. The molecule has 0 unspecified atom stereocenters. The molecule has 31 heavy (non-hydrogen) atoms. The zero-order valence-electron chi connectivity index (χ0n) is 19.0. The van der Waals surface area contributed by atoms with Crippen LogP contribution in [0.3, 0.4) is 0 Å². The number of likely N-dealkylation sites (tertiary alicyclic amines) is 3. The topological polar surface area (TPSA) is 69.6 Å². The molecule has 1 aromatic rings. The molecule has 1 aliphatic carbocycles. The van der Waals surface area contributed by atoms with Crippen LogP contribution in [0.4, 0.5) is 0 Å². The summed E-state index contributed by atoms with van der Waals surface area (Å²) >= 11 is 0. The summed E-state index contributed by atoms with van der Waals surface area (Å²) in [5, 5.41) is 0. The molecule has 0 N–H and O–H groups in total. The molecule has 7 nitrogen and oxygen atoms in total. The van der Waals surface area contributed by atoms with Gasteiger partial charge in [-0.3, -0.25) is 14.6 Å². The van der Waals surface area contributed by atoms with E-state index in [4.69, 9.17) is 0 Å². The van der Waals surface area contributed by atoms with Crippen LogP contribution in [-0.2, 0) is 4.79 Å². The Morgan fingerprint density at radius 2 is 1.74 bits per heavy atom. The van der Waals surface area contributed by atoms with Gasteiger partial charge in [0.2, 0.25) is 5.91 Å². The average molecular weight is 426 g/mol. The second-order valence-corrected chi connectivity index (χ2v) is 10.2. The Kier molecular flexibility index (Phi) is 5.27. The van der Waals surface area contributed by atoms with E-state index in [0.29, 0.717) is 17.5 Å². The van der Waals surface area contributed by atoms with Gasteiger partial charge in [0.05, 0.1) is 17.3 Å². The molecule has 1 aromatic heterocycles. The first-order chi connectivity index (χ1) is 15.0. The summed E-state index contributed by atoms with van der Waals surface area (Å²) in [7, 11) is 0. The Balaban J connectivity index is 1.33. The van der Waals surface area contributed by atoms with Gasteiger partial charge in [0, 0.05) is 45.5 Å². The lowest BCUT2D eigenvalue weighted by atomic mass is 9.65. The third kappa shape index (κ3) is 3.36. The number of aromatic nitrogens is 2. The number of aryl methyl sites for hydroxylation is 1. The van der Waals surface area contributed by atoms with E-state index in [1.807, 2.05) is 11.8 Å². The molecule has 3 aliphatic heterocycles. The van der Waals surface area contributed by atoms with Gasteiger partial charge in [-0.05, 0) is 63.3 Å². The minimum absolute atomic E-state index is 0.0126. The first-order valence-electron chi connectivity index (χ1n) is 12.1. The van der Waals surface area contributed by atoms with Crippen LogP contribution in [-0.4, -0.2) is 82.3 Å². The van der Waals surface area contributed by atoms with Crippen molar-refractivity contribution in [1.82, 2.24) is 24.7 Å². The molecule has 0 aromatic carbocycles. The van der Waals surface area contributed by atoms with Crippen molar-refractivity contribution >= 4 is 11.8 Å². The van der Waals surface area contributed by atoms with Gasteiger partial charge in [-0.15, -0.1) is 0 Å². The molecular formula is C24H35N5O2. The minimum Gasteiger partial charge on any atom is -0.342 e. The summed E-state index contributed by atoms with van der Waals surface area (Å²) in [4.78, 5) is 41.8. The van der Waals surface area contributed by atoms with Crippen molar-refractivity contribution in [3.8, 4) is 0 Å². The molecule has 2 atom stereocenters. The van der Waals surface area contributed by atoms with Crippen LogP contribution in [0, 0.1) is 23.7 Å². The van der Waals surface area contributed by atoms with Gasteiger partial charge in [-0.1, -0.05) is 6.92 Å². The van der Waals surface area contributed by atoms with Gasteiger partial charge in [0.25, 0.3) is 5.91 Å². The van der Waals surface area contributed by atoms with E-state index in [-0.39, 0.29) is 16.7 Å². The Morgan fingerprint density at radius 1 is 1.00 bits per heavy atom. The summed E-state index contributed by atoms with van der Waals surface area (Å²) in [6.07, 6.45) is 9.67. The minimum atomic E-state index is -0.199. The zero-order chi connectivity index (χ0) is 21.6. The lowest BCUT2D eigenvalue weighted by Gasteiger charge is -2.44. The molecule has 1 saturated carbocycles. The van der Waals surface area contributed by atoms with Gasteiger partial charge in [-0.25, -0.2) is 4.98 Å². The second kappa shape index (κ2) is 7.84. The fraction of sp³-hybridized carbons (Fsp3) is 0.750. The standard InChI is InChI=1S/C24H35N5O2/c1-3-27-16-20-23(6-7-24(20,17-27)22(31)29-10-4-5-11-29)8-12-28(13-9-23)21(30)19-15-25-18(2)14-26-19/h14-15,20H,3-13,16-17H2,1-2H3/t20-,24+/m1/s1. The molecule has 0 radical (unpaired) electrons. The molecule has 2 amide bonds. The summed E-state index contributed by atoms with van der Waals surface area (Å²) in [6.45, 7) is 10.4. The van der Waals surface area contributed by atoms with Crippen molar-refractivity contribution in [3.05, 3.63) is 23.8 Å². The van der Waals surface area contributed by atoms with Crippen LogP contribution in [0.15, 0.2) is 12.4 Å². The third-order valence-corrected chi connectivity index (χ3v) is 8.73. The first-order valence-corrected chi connectivity index (χ1v) is 12.1. The van der Waals surface area contributed by atoms with Crippen LogP contribution in [0.1, 0.15) is 61.6 Å². The van der Waals surface area contributed by atoms with E-state index in [2.05, 4.69) is 26.7 Å². The Labute approximate surface area is 185 Å². The zero-order valence-corrected chi connectivity index (χ0v) is 19.0. The predicted molar refractivity (Wildman–Crippen MR) is 117 cm³/mol. The Bertz CT molecular complexity index is 842. The number of piperidine rings is 1. The fourth-order valence-corrected chi connectivity index (χ4v) is 6.90. The molecule has 1 spiro atoms. The number of rotatable bonds is 3. The van der Waals surface area contributed by atoms with Crippen LogP contribution in [0.25, 0.3) is 0 Å². The highest BCUT2D eigenvalue weighted by Crippen LogP contribution is 2.62. The number of hydrogen-bond acceptors (Lipinski definition) is 5. The number of nitrogens with zero attached hydrogens (tertiary/aromatic N) is 5. The van der Waals surface area contributed by atoms with E-state index in [9.17, 15) is 9.59 Å². The molecule has 4 heterocycles. The van der Waals surface area contributed by atoms with E-state index in [1.165, 1.54) is 0 Å². The summed E-state index contributed by atoms with van der Waals surface area (Å²) < 4.78 is 0. The van der Waals surface area contributed by atoms with Crippen LogP contribution in [0.2, 0.25) is 0 Å². The highest BCUT2D eigenvalue weighted by molar-refractivity contribution is 5.92. The Hall–Kier alpha value is -2.02. The van der Waals surface area contributed by atoms with Crippen molar-refractivity contribution in [3.63, 3.8) is 0 Å². The maximum atomic E-state index is 13.7. The predicted octanol–water partition coefficient (Wildman–Crippen LogP) is 2.36. The summed E-state index contributed by atoms with van der Waals surface area (Å²) in [6, 6.07) is 0. The van der Waals surface area contributed by atoms with E-state index >= 15 is 0 Å². The number of carbonyl (C=O) groups is 2. The second-order valence-electron chi connectivity index (χ2n) is 10.2. The monoisotopic (exact) mass is 425 g/mol. The van der Waals surface area contributed by atoms with Gasteiger partial charge in [0.1, 0.15) is 5.69 Å². The van der Waals surface area contributed by atoms with Gasteiger partial charge in [0.15, 0.2) is 0 Å². The van der Waals surface area contributed by atoms with Crippen LogP contribution >= 0.6 is 0 Å². The maximum Gasteiger partial charge on any atom is 0.274 e. The lowest BCUT2D eigenvalue weighted by molar-refractivity contribution is -0.142. The fourth-order valence-electron chi connectivity index (χ4n) is 6.90. The quantitative estimate of drug-likeness (QED) is 0.744. The molecule has 4 aliphatic rings. The van der Waals surface area contributed by atoms with Crippen molar-refractivity contribution in [2.75, 3.05) is 45.8 Å². The van der Waals surface area contributed by atoms with Crippen molar-refractivity contribution in [1.29, 1.82) is 0 Å². The Morgan fingerprint density at radius 3 is 2.39 bits per heavy atom. The van der Waals surface area contributed by atoms with Gasteiger partial charge in [-0.2, -0.15) is 0 Å². The molecular weight excluding hydrogens is 390 g/mol. The molecule has 168 valence electrons. The van der Waals surface area contributed by atoms with Crippen LogP contribution < -0.4 is 0 Å². The average Bonchev–Trinajstić information content (AvgIpc) is 3.51. The van der Waals surface area contributed by atoms with E-state index in [1.54, 1.807) is 12.4 Å². The number of carbonyl (C=O) groups excluding carboxylic acids is 2. The molecule has 7 heteroatoms. The summed E-state index contributed by atoms with van der Waals surface area (Å²) in [5.41, 5.74) is 1.25. The molecule has 5 rings (SSSR count). The molecule has 4 fully saturated rings. The SMILES string of the molecule is CCN1C[C@@H]2C3(CCN(C(=O)c4cnc(C)cn4)CC3)CC[C@]2(C(=O)N2CCCC2)C1. The van der Waals surface area contributed by atoms with E-state index in [0.717, 1.165) is 90.0 Å². The van der Waals surface area contributed by atoms with Crippen molar-refractivity contribution in [2.24, 2.45) is 16.7 Å². The summed E-state index contributed by atoms with van der Waals surface area (Å²) in [5.74, 6) is 0.835. The van der Waals surface area contributed by atoms with Crippen molar-refractivity contribution < 1.29 is 9.59 Å². The number of fused-ring (bicyclic) bond motifs is 2. The first kappa shape index (κ1) is 20.9. The van der Waals surface area contributed by atoms with E-state index < -0.39 is 0 Å². The normalized spacial score (nSPS) is 30.2. The third-order valence-electron chi connectivity index (χ3n) is 8.73. The van der Waals surface area contributed by atoms with Gasteiger partial charge >= 0.3 is 0 Å². The number of hydrogen-bond donors (Lipinski definition) is 0. The highest BCUT2D eigenvalue weighted by Gasteiger charge is 2.64. The smallest absolute Gasteiger partial charge is 0.274 e. The van der Waals surface area contributed by atoms with Crippen LogP contribution in [0.5, 0.6) is 0 Å². The maximum absolute atomic E-state index is 13.7. The lowest BCUT2D eigenvalue weighted by Crippen LogP contribution is -2.50. The molecule has 0 bridgehead atoms. The largest absolute Gasteiger partial charge is 0.342 e. The number of amides is 2.